The van der Waals surface area contributed by atoms with Gasteiger partial charge in [-0.25, -0.2) is 12.7 Å². The molecule has 2 saturated heterocycles. The quantitative estimate of drug-likeness (QED) is 0.707. The number of nitrogens with zero attached hydrogens (tertiary/aromatic N) is 6. The van der Waals surface area contributed by atoms with Gasteiger partial charge in [-0.05, 0) is 25.8 Å². The van der Waals surface area contributed by atoms with Crippen LogP contribution in [0.2, 0.25) is 0 Å². The van der Waals surface area contributed by atoms with Crippen molar-refractivity contribution >= 4 is 15.9 Å². The maximum absolute atomic E-state index is 12.8. The number of rotatable bonds is 4. The van der Waals surface area contributed by atoms with Crippen LogP contribution in [0.25, 0.3) is 0 Å². The molecule has 0 radical (unpaired) electrons. The predicted molar refractivity (Wildman–Crippen MR) is 102 cm³/mol. The highest BCUT2D eigenvalue weighted by Gasteiger charge is 2.59. The molecule has 4 heterocycles. The van der Waals surface area contributed by atoms with Crippen LogP contribution in [0, 0.1) is 12.3 Å². The summed E-state index contributed by atoms with van der Waals surface area (Å²) in [4.78, 5) is 19.1. The van der Waals surface area contributed by atoms with Gasteiger partial charge in [0.25, 0.3) is 5.91 Å². The number of sulfonamides is 1. The summed E-state index contributed by atoms with van der Waals surface area (Å²) in [6, 6.07) is 1.77. The van der Waals surface area contributed by atoms with Gasteiger partial charge in [0.05, 0.1) is 12.2 Å². The molecule has 156 valence electrons. The zero-order valence-electron chi connectivity index (χ0n) is 16.7. The maximum Gasteiger partial charge on any atom is 0.274 e. The number of hydrogen-bond acceptors (Lipinski definition) is 7. The van der Waals surface area contributed by atoms with Crippen molar-refractivity contribution in [3.8, 4) is 0 Å². The Bertz CT molecular complexity index is 1060. The van der Waals surface area contributed by atoms with E-state index in [1.54, 1.807) is 22.7 Å². The van der Waals surface area contributed by atoms with E-state index in [2.05, 4.69) is 15.2 Å². The van der Waals surface area contributed by atoms with E-state index in [9.17, 15) is 13.2 Å². The van der Waals surface area contributed by atoms with E-state index in [1.165, 1.54) is 10.6 Å². The molecule has 0 aromatic carbocycles. The van der Waals surface area contributed by atoms with Gasteiger partial charge in [0, 0.05) is 50.3 Å². The van der Waals surface area contributed by atoms with E-state index in [0.29, 0.717) is 49.5 Å². The van der Waals surface area contributed by atoms with Gasteiger partial charge in [-0.15, -0.1) is 0 Å². The van der Waals surface area contributed by atoms with E-state index in [4.69, 9.17) is 4.52 Å². The standard InChI is InChI=1S/C18H24N6O4S/c1-11-6-14(20-22(11)2)17(25)23-8-18(9-23)10-24(29(3,26)27)7-13(18)16-19-15(21-28-16)12-4-5-12/h6,12-13H,4-5,7-10H2,1-3H3. The van der Waals surface area contributed by atoms with E-state index in [-0.39, 0.29) is 11.8 Å². The molecular formula is C18H24N6O4S. The summed E-state index contributed by atoms with van der Waals surface area (Å²) in [5.41, 5.74) is 0.905. The van der Waals surface area contributed by atoms with Crippen LogP contribution in [-0.2, 0) is 17.1 Å². The van der Waals surface area contributed by atoms with E-state index >= 15 is 0 Å². The molecule has 2 aromatic rings. The summed E-state index contributed by atoms with van der Waals surface area (Å²) in [6.45, 7) is 3.43. The molecular weight excluding hydrogens is 396 g/mol. The Hall–Kier alpha value is -2.27. The molecule has 1 unspecified atom stereocenters. The summed E-state index contributed by atoms with van der Waals surface area (Å²) in [7, 11) is -1.56. The van der Waals surface area contributed by atoms with Crippen molar-refractivity contribution in [1.29, 1.82) is 0 Å². The Balaban J connectivity index is 1.39. The van der Waals surface area contributed by atoms with E-state index in [0.717, 1.165) is 18.5 Å². The number of carbonyl (C=O) groups excluding carboxylic acids is 1. The largest absolute Gasteiger partial charge is 0.339 e. The van der Waals surface area contributed by atoms with Gasteiger partial charge >= 0.3 is 0 Å². The number of aryl methyl sites for hydroxylation is 2. The monoisotopic (exact) mass is 420 g/mol. The lowest BCUT2D eigenvalue weighted by Crippen LogP contribution is -2.61. The minimum absolute atomic E-state index is 0.139. The molecule has 3 fully saturated rings. The average molecular weight is 420 g/mol. The third-order valence-corrected chi connectivity index (χ3v) is 7.63. The van der Waals surface area contributed by atoms with Gasteiger partial charge in [0.2, 0.25) is 15.9 Å². The number of hydrogen-bond donors (Lipinski definition) is 0. The van der Waals surface area contributed by atoms with Gasteiger partial charge in [0.1, 0.15) is 0 Å². The fourth-order valence-corrected chi connectivity index (χ4v) is 5.33. The summed E-state index contributed by atoms with van der Waals surface area (Å²) in [5.74, 6) is 1.21. The second kappa shape index (κ2) is 6.11. The van der Waals surface area contributed by atoms with Crippen molar-refractivity contribution in [3.63, 3.8) is 0 Å². The molecule has 1 atom stereocenters. The number of aromatic nitrogens is 4. The topological polar surface area (TPSA) is 114 Å². The van der Waals surface area contributed by atoms with E-state index in [1.807, 2.05) is 6.92 Å². The predicted octanol–water partition coefficient (Wildman–Crippen LogP) is 0.490. The fraction of sp³-hybridized carbons (Fsp3) is 0.667. The normalized spacial score (nSPS) is 24.2. The number of carbonyl (C=O) groups is 1. The number of amides is 1. The van der Waals surface area contributed by atoms with Crippen molar-refractivity contribution < 1.29 is 17.7 Å². The van der Waals surface area contributed by atoms with Crippen LogP contribution >= 0.6 is 0 Å². The lowest BCUT2D eigenvalue weighted by Gasteiger charge is -2.49. The first-order valence-corrected chi connectivity index (χ1v) is 11.6. The van der Waals surface area contributed by atoms with Gasteiger partial charge in [-0.1, -0.05) is 5.16 Å². The van der Waals surface area contributed by atoms with Crippen LogP contribution in [0.4, 0.5) is 0 Å². The van der Waals surface area contributed by atoms with Crippen molar-refractivity contribution in [3.05, 3.63) is 29.2 Å². The van der Waals surface area contributed by atoms with Gasteiger partial charge in [0.15, 0.2) is 11.5 Å². The first kappa shape index (κ1) is 18.7. The third kappa shape index (κ3) is 3.07. The van der Waals surface area contributed by atoms with E-state index < -0.39 is 15.4 Å². The highest BCUT2D eigenvalue weighted by atomic mass is 32.2. The zero-order chi connectivity index (χ0) is 20.6. The first-order chi connectivity index (χ1) is 13.7. The van der Waals surface area contributed by atoms with Crippen LogP contribution in [0.5, 0.6) is 0 Å². The third-order valence-electron chi connectivity index (χ3n) is 6.42. The number of likely N-dealkylation sites (tertiary alicyclic amines) is 1. The molecule has 2 aliphatic heterocycles. The molecule has 5 rings (SSSR count). The highest BCUT2D eigenvalue weighted by Crippen LogP contribution is 2.50. The minimum atomic E-state index is -3.36. The Labute approximate surface area is 168 Å². The summed E-state index contributed by atoms with van der Waals surface area (Å²) >= 11 is 0. The molecule has 1 aliphatic carbocycles. The van der Waals surface area contributed by atoms with Crippen molar-refractivity contribution in [1.82, 2.24) is 29.1 Å². The lowest BCUT2D eigenvalue weighted by atomic mass is 9.71. The van der Waals surface area contributed by atoms with Crippen molar-refractivity contribution in [2.24, 2.45) is 12.5 Å². The summed E-state index contributed by atoms with van der Waals surface area (Å²) in [6.07, 6.45) is 3.34. The Kier molecular flexibility index (Phi) is 3.95. The Morgan fingerprint density at radius 2 is 2.00 bits per heavy atom. The highest BCUT2D eigenvalue weighted by molar-refractivity contribution is 7.88. The lowest BCUT2D eigenvalue weighted by molar-refractivity contribution is 0.000837. The molecule has 1 saturated carbocycles. The molecule has 0 N–H and O–H groups in total. The van der Waals surface area contributed by atoms with Crippen molar-refractivity contribution in [2.75, 3.05) is 32.4 Å². The van der Waals surface area contributed by atoms with Crippen molar-refractivity contribution in [2.45, 2.75) is 31.6 Å². The molecule has 11 heteroatoms. The zero-order valence-corrected chi connectivity index (χ0v) is 17.5. The Morgan fingerprint density at radius 3 is 2.59 bits per heavy atom. The van der Waals surface area contributed by atoms with Crippen LogP contribution in [0.3, 0.4) is 0 Å². The summed E-state index contributed by atoms with van der Waals surface area (Å²) < 4.78 is 33.1. The SMILES string of the molecule is Cc1cc(C(=O)N2CC3(C2)CN(S(C)(=O)=O)CC3c2nc(C3CC3)no2)nn1C. The average Bonchev–Trinajstić information content (AvgIpc) is 3.07. The minimum Gasteiger partial charge on any atom is -0.339 e. The molecule has 1 amide bonds. The second-order valence-electron chi connectivity index (χ2n) is 8.69. The molecule has 0 bridgehead atoms. The smallest absolute Gasteiger partial charge is 0.274 e. The van der Waals surface area contributed by atoms with Gasteiger partial charge in [-0.3, -0.25) is 9.48 Å². The molecule has 3 aliphatic rings. The van der Waals surface area contributed by atoms with Crippen LogP contribution < -0.4 is 0 Å². The molecule has 10 nitrogen and oxygen atoms in total. The van der Waals surface area contributed by atoms with Gasteiger partial charge in [-0.2, -0.15) is 10.1 Å². The second-order valence-corrected chi connectivity index (χ2v) is 10.7. The molecule has 2 aromatic heterocycles. The maximum atomic E-state index is 12.8. The molecule has 1 spiro atoms. The van der Waals surface area contributed by atoms with Gasteiger partial charge < -0.3 is 9.42 Å². The van der Waals surface area contributed by atoms with Crippen LogP contribution in [-0.4, -0.2) is 75.9 Å². The Morgan fingerprint density at radius 1 is 1.28 bits per heavy atom. The fourth-order valence-electron chi connectivity index (χ4n) is 4.42. The summed E-state index contributed by atoms with van der Waals surface area (Å²) in [5, 5.41) is 8.37. The van der Waals surface area contributed by atoms with Crippen LogP contribution in [0.15, 0.2) is 10.6 Å². The first-order valence-electron chi connectivity index (χ1n) is 9.75. The van der Waals surface area contributed by atoms with Crippen LogP contribution in [0.1, 0.15) is 52.6 Å². The molecule has 29 heavy (non-hydrogen) atoms.